The fraction of sp³-hybridized carbons (Fsp3) is 0.165. The summed E-state index contributed by atoms with van der Waals surface area (Å²) in [6.07, 6.45) is 17.6. The molecule has 0 N–H and O–H groups in total. The standard InChI is InChI=1S/C79H72N2/c1-6-11-13-18-50-79(51-19-14-12-7-2)75-54-69(80(67-40-34-61(35-41-67)59-20-16-15-17-21-59)68-42-36-62(37-43-68)60-28-22-56(8-3)23-29-60)44-46-71(75)72-47-45-70(55-76(72)79)81-77-48-38-65(63-30-24-57(9-4)25-31-63)52-73(77)74-53-66(39-49-78(74)81)64-32-26-58(10-5)27-33-64/h8-10,15-17,20-49,52-55H,3-7,11-14,18-19,50-51H2,1-2H3. The van der Waals surface area contributed by atoms with Crippen LogP contribution in [0.4, 0.5) is 17.1 Å². The topological polar surface area (TPSA) is 8.17 Å². The Morgan fingerprint density at radius 1 is 0.358 bits per heavy atom. The number of benzene rings is 10. The van der Waals surface area contributed by atoms with Crippen LogP contribution in [0.5, 0.6) is 0 Å². The number of hydrogen-bond acceptors (Lipinski definition) is 1. The van der Waals surface area contributed by atoms with Gasteiger partial charge in [0.15, 0.2) is 0 Å². The fourth-order valence-electron chi connectivity index (χ4n) is 12.9. The minimum absolute atomic E-state index is 0.184. The zero-order valence-electron chi connectivity index (χ0n) is 47.2. The molecule has 0 spiro atoms. The Balaban J connectivity index is 1.02. The molecule has 0 saturated heterocycles. The molecule has 0 amide bonds. The summed E-state index contributed by atoms with van der Waals surface area (Å²) in [5.74, 6) is 0. The van der Waals surface area contributed by atoms with Crippen LogP contribution < -0.4 is 4.90 Å². The third-order valence-corrected chi connectivity index (χ3v) is 17.3. The minimum atomic E-state index is -0.184. The SMILES string of the molecule is C=Cc1ccc(-c2ccc(N(c3ccc(-c4ccccc4)cc3)c3ccc4c(c3)C(CCCCCC)(CCCCCC)c3cc(-n5c6ccc(-c7ccc(C=C)cc7)cc6c6cc(-c7ccc(C=C)cc7)ccc65)ccc3-4)cc2)cc1. The first-order valence-electron chi connectivity index (χ1n) is 29.5. The lowest BCUT2D eigenvalue weighted by molar-refractivity contribution is 0.401. The summed E-state index contributed by atoms with van der Waals surface area (Å²) in [6, 6.07) is 84.2. The zero-order valence-corrected chi connectivity index (χ0v) is 47.2. The molecule has 0 radical (unpaired) electrons. The highest BCUT2D eigenvalue weighted by Gasteiger charge is 2.43. The molecule has 0 saturated carbocycles. The Hall–Kier alpha value is -8.98. The third-order valence-electron chi connectivity index (χ3n) is 17.3. The van der Waals surface area contributed by atoms with E-state index in [1.54, 1.807) is 0 Å². The van der Waals surface area contributed by atoms with Crippen LogP contribution >= 0.6 is 0 Å². The summed E-state index contributed by atoms with van der Waals surface area (Å²) in [5.41, 5.74) is 25.5. The van der Waals surface area contributed by atoms with Gasteiger partial charge in [0.2, 0.25) is 0 Å². The molecule has 2 nitrogen and oxygen atoms in total. The maximum atomic E-state index is 4.02. The largest absolute Gasteiger partial charge is 0.310 e. The van der Waals surface area contributed by atoms with E-state index in [4.69, 9.17) is 0 Å². The van der Waals surface area contributed by atoms with Crippen LogP contribution in [0.3, 0.4) is 0 Å². The molecule has 10 aromatic carbocycles. The van der Waals surface area contributed by atoms with Gasteiger partial charge in [0.25, 0.3) is 0 Å². The van der Waals surface area contributed by atoms with Crippen molar-refractivity contribution in [2.75, 3.05) is 4.90 Å². The quantitative estimate of drug-likeness (QED) is 0.0651. The Bertz CT molecular complexity index is 3900. The summed E-state index contributed by atoms with van der Waals surface area (Å²) in [6.45, 7) is 16.7. The van der Waals surface area contributed by atoms with E-state index in [2.05, 4.69) is 268 Å². The molecule has 0 fully saturated rings. The van der Waals surface area contributed by atoms with Crippen molar-refractivity contribution in [1.82, 2.24) is 4.57 Å². The number of aromatic nitrogens is 1. The second kappa shape index (κ2) is 23.4. The van der Waals surface area contributed by atoms with E-state index in [0.29, 0.717) is 0 Å². The van der Waals surface area contributed by atoms with Gasteiger partial charge in [0, 0.05) is 38.9 Å². The van der Waals surface area contributed by atoms with Crippen molar-refractivity contribution < 1.29 is 0 Å². The van der Waals surface area contributed by atoms with Gasteiger partial charge in [-0.1, -0.05) is 255 Å². The van der Waals surface area contributed by atoms with E-state index < -0.39 is 0 Å². The highest BCUT2D eigenvalue weighted by atomic mass is 15.1. The third kappa shape index (κ3) is 10.3. The van der Waals surface area contributed by atoms with Gasteiger partial charge < -0.3 is 9.47 Å². The maximum Gasteiger partial charge on any atom is 0.0541 e. The number of hydrogen-bond donors (Lipinski definition) is 0. The second-order valence-corrected chi connectivity index (χ2v) is 22.2. The van der Waals surface area contributed by atoms with E-state index in [1.807, 2.05) is 18.2 Å². The van der Waals surface area contributed by atoms with Gasteiger partial charge in [0.1, 0.15) is 0 Å². The molecular weight excluding hydrogens is 977 g/mol. The average Bonchev–Trinajstić information content (AvgIpc) is 4.23. The Kier molecular flexibility index (Phi) is 15.2. The predicted molar refractivity (Wildman–Crippen MR) is 351 cm³/mol. The molecule has 0 aliphatic heterocycles. The molecule has 0 unspecified atom stereocenters. The molecule has 12 rings (SSSR count). The average molecular weight is 1050 g/mol. The molecule has 1 aliphatic carbocycles. The van der Waals surface area contributed by atoms with Gasteiger partial charge in [-0.3, -0.25) is 0 Å². The van der Waals surface area contributed by atoms with Gasteiger partial charge in [-0.15, -0.1) is 0 Å². The summed E-state index contributed by atoms with van der Waals surface area (Å²) in [5, 5.41) is 2.49. The number of rotatable bonds is 21. The second-order valence-electron chi connectivity index (χ2n) is 22.2. The lowest BCUT2D eigenvalue weighted by atomic mass is 9.70. The number of unbranched alkanes of at least 4 members (excludes halogenated alkanes) is 6. The van der Waals surface area contributed by atoms with E-state index >= 15 is 0 Å². The lowest BCUT2D eigenvalue weighted by Gasteiger charge is -2.34. The van der Waals surface area contributed by atoms with Crippen molar-refractivity contribution >= 4 is 57.1 Å². The van der Waals surface area contributed by atoms with E-state index in [9.17, 15) is 0 Å². The Morgan fingerprint density at radius 2 is 0.741 bits per heavy atom. The van der Waals surface area contributed by atoms with Gasteiger partial charge in [-0.2, -0.15) is 0 Å². The van der Waals surface area contributed by atoms with Gasteiger partial charge in [0.05, 0.1) is 11.0 Å². The van der Waals surface area contributed by atoms with Crippen molar-refractivity contribution in [2.24, 2.45) is 0 Å². The van der Waals surface area contributed by atoms with E-state index in [1.165, 1.54) is 151 Å². The van der Waals surface area contributed by atoms with Crippen LogP contribution in [0.25, 0.3) is 101 Å². The zero-order chi connectivity index (χ0) is 55.3. The fourth-order valence-corrected chi connectivity index (χ4v) is 12.9. The smallest absolute Gasteiger partial charge is 0.0541 e. The Morgan fingerprint density at radius 3 is 1.19 bits per heavy atom. The van der Waals surface area contributed by atoms with Gasteiger partial charge >= 0.3 is 0 Å². The summed E-state index contributed by atoms with van der Waals surface area (Å²) >= 11 is 0. The van der Waals surface area contributed by atoms with Crippen molar-refractivity contribution in [3.05, 3.63) is 272 Å². The summed E-state index contributed by atoms with van der Waals surface area (Å²) < 4.78 is 2.55. The number of nitrogens with zero attached hydrogens (tertiary/aromatic N) is 2. The predicted octanol–water partition coefficient (Wildman–Crippen LogP) is 23.1. The molecule has 398 valence electrons. The maximum absolute atomic E-state index is 4.02. The molecule has 1 aliphatic rings. The molecule has 0 bridgehead atoms. The van der Waals surface area contributed by atoms with Crippen LogP contribution in [-0.2, 0) is 5.41 Å². The normalized spacial score (nSPS) is 12.3. The minimum Gasteiger partial charge on any atom is -0.310 e. The van der Waals surface area contributed by atoms with Crippen LogP contribution in [0.2, 0.25) is 0 Å². The van der Waals surface area contributed by atoms with E-state index in [0.717, 1.165) is 40.9 Å². The van der Waals surface area contributed by atoms with E-state index in [-0.39, 0.29) is 5.41 Å². The molecular formula is C79H72N2. The first-order chi connectivity index (χ1) is 39.9. The monoisotopic (exact) mass is 1050 g/mol. The van der Waals surface area contributed by atoms with Gasteiger partial charge in [-0.05, 0) is 169 Å². The van der Waals surface area contributed by atoms with Crippen molar-refractivity contribution in [2.45, 2.75) is 83.5 Å². The molecule has 81 heavy (non-hydrogen) atoms. The van der Waals surface area contributed by atoms with Crippen molar-refractivity contribution in [3.8, 4) is 61.3 Å². The highest BCUT2D eigenvalue weighted by molar-refractivity contribution is 6.12. The van der Waals surface area contributed by atoms with Crippen LogP contribution in [-0.4, -0.2) is 4.57 Å². The van der Waals surface area contributed by atoms with Crippen LogP contribution in [0.15, 0.2) is 244 Å². The lowest BCUT2D eigenvalue weighted by Crippen LogP contribution is -2.26. The summed E-state index contributed by atoms with van der Waals surface area (Å²) in [7, 11) is 0. The van der Waals surface area contributed by atoms with Crippen molar-refractivity contribution in [3.63, 3.8) is 0 Å². The highest BCUT2D eigenvalue weighted by Crippen LogP contribution is 2.56. The number of fused-ring (bicyclic) bond motifs is 6. The molecule has 1 heterocycles. The Labute approximate surface area is 480 Å². The van der Waals surface area contributed by atoms with Crippen LogP contribution in [0.1, 0.15) is 106 Å². The van der Waals surface area contributed by atoms with Crippen molar-refractivity contribution in [1.29, 1.82) is 0 Å². The first kappa shape index (κ1) is 52.7. The number of anilines is 3. The molecule has 0 atom stereocenters. The van der Waals surface area contributed by atoms with Crippen LogP contribution in [0, 0.1) is 0 Å². The molecule has 2 heteroatoms. The molecule has 11 aromatic rings. The first-order valence-corrected chi connectivity index (χ1v) is 29.5. The molecule has 1 aromatic heterocycles. The summed E-state index contributed by atoms with van der Waals surface area (Å²) in [4.78, 5) is 2.48. The van der Waals surface area contributed by atoms with Gasteiger partial charge in [-0.25, -0.2) is 0 Å².